The Hall–Kier alpha value is -1.44. The fraction of sp³-hybridized carbons (Fsp3) is 0.462. The second-order valence-electron chi connectivity index (χ2n) is 4.69. The van der Waals surface area contributed by atoms with E-state index in [9.17, 15) is 13.2 Å². The summed E-state index contributed by atoms with van der Waals surface area (Å²) in [5, 5.41) is 2.25. The van der Waals surface area contributed by atoms with Gasteiger partial charge in [-0.2, -0.15) is 0 Å². The van der Waals surface area contributed by atoms with Gasteiger partial charge in [-0.3, -0.25) is 4.79 Å². The van der Waals surface area contributed by atoms with Gasteiger partial charge in [0.2, 0.25) is 10.0 Å². The topological polar surface area (TPSA) is 84.5 Å². The van der Waals surface area contributed by atoms with Crippen LogP contribution in [0.2, 0.25) is 0 Å². The molecule has 0 bridgehead atoms. The van der Waals surface area contributed by atoms with Gasteiger partial charge in [0.25, 0.3) is 0 Å². The summed E-state index contributed by atoms with van der Waals surface area (Å²) in [6, 6.07) is 8.75. The number of esters is 1. The van der Waals surface area contributed by atoms with Crippen molar-refractivity contribution in [3.8, 4) is 0 Å². The lowest BCUT2D eigenvalue weighted by Gasteiger charge is -2.12. The van der Waals surface area contributed by atoms with E-state index in [0.717, 1.165) is 5.56 Å². The first-order chi connectivity index (χ1) is 9.53. The van der Waals surface area contributed by atoms with Gasteiger partial charge in [-0.1, -0.05) is 30.3 Å². The molecule has 20 heavy (non-hydrogen) atoms. The molecule has 1 aromatic rings. The Morgan fingerprint density at radius 2 is 2.10 bits per heavy atom. The minimum absolute atomic E-state index is 0.233. The molecule has 1 aliphatic rings. The van der Waals surface area contributed by atoms with Crippen molar-refractivity contribution in [2.24, 2.45) is 0 Å². The summed E-state index contributed by atoms with van der Waals surface area (Å²) < 4.78 is 31.5. The lowest BCUT2D eigenvalue weighted by molar-refractivity contribution is -0.142. The van der Waals surface area contributed by atoms with Crippen molar-refractivity contribution in [3.63, 3.8) is 0 Å². The molecule has 2 rings (SSSR count). The van der Waals surface area contributed by atoms with Crippen LogP contribution in [0, 0.1) is 0 Å². The molecule has 7 heteroatoms. The van der Waals surface area contributed by atoms with E-state index in [1.54, 1.807) is 0 Å². The van der Waals surface area contributed by atoms with Gasteiger partial charge in [0.05, 0.1) is 12.4 Å². The van der Waals surface area contributed by atoms with Crippen LogP contribution in [-0.4, -0.2) is 39.3 Å². The Balaban J connectivity index is 1.93. The molecule has 2 N–H and O–H groups in total. The third kappa shape index (κ3) is 3.56. The molecule has 0 aromatic heterocycles. The first-order valence-electron chi connectivity index (χ1n) is 6.36. The van der Waals surface area contributed by atoms with E-state index in [4.69, 9.17) is 0 Å². The quantitative estimate of drug-likeness (QED) is 0.748. The standard InChI is InChI=1S/C13H18N2O4S/c1-19-13(16)12-7-11(9-14-12)20(17,18)15-8-10-5-3-2-4-6-10/h2-6,11-12,14-15H,7-9H2,1H3. The third-order valence-corrected chi connectivity index (χ3v) is 5.12. The van der Waals surface area contributed by atoms with Crippen molar-refractivity contribution in [3.05, 3.63) is 35.9 Å². The van der Waals surface area contributed by atoms with Gasteiger partial charge in [0.1, 0.15) is 6.04 Å². The van der Waals surface area contributed by atoms with E-state index in [-0.39, 0.29) is 19.5 Å². The summed E-state index contributed by atoms with van der Waals surface area (Å²) in [7, 11) is -2.16. The lowest BCUT2D eigenvalue weighted by atomic mass is 10.2. The van der Waals surface area contributed by atoms with E-state index in [0.29, 0.717) is 0 Å². The highest BCUT2D eigenvalue weighted by atomic mass is 32.2. The summed E-state index contributed by atoms with van der Waals surface area (Å²) in [6.07, 6.45) is 0.233. The number of nitrogens with one attached hydrogen (secondary N) is 2. The number of ether oxygens (including phenoxy) is 1. The number of methoxy groups -OCH3 is 1. The van der Waals surface area contributed by atoms with Gasteiger partial charge >= 0.3 is 5.97 Å². The normalized spacial score (nSPS) is 22.6. The van der Waals surface area contributed by atoms with Gasteiger partial charge in [0, 0.05) is 13.1 Å². The van der Waals surface area contributed by atoms with Gasteiger partial charge in [0.15, 0.2) is 0 Å². The monoisotopic (exact) mass is 298 g/mol. The zero-order valence-electron chi connectivity index (χ0n) is 11.2. The van der Waals surface area contributed by atoms with Crippen LogP contribution in [0.1, 0.15) is 12.0 Å². The van der Waals surface area contributed by atoms with Crippen LogP contribution in [0.25, 0.3) is 0 Å². The second-order valence-corrected chi connectivity index (χ2v) is 6.74. The van der Waals surface area contributed by atoms with Crippen LogP contribution >= 0.6 is 0 Å². The summed E-state index contributed by atoms with van der Waals surface area (Å²) in [5.41, 5.74) is 0.895. The fourth-order valence-electron chi connectivity index (χ4n) is 2.16. The number of benzene rings is 1. The molecule has 2 unspecified atom stereocenters. The first-order valence-corrected chi connectivity index (χ1v) is 7.91. The van der Waals surface area contributed by atoms with Crippen LogP contribution in [0.3, 0.4) is 0 Å². The maximum absolute atomic E-state index is 12.2. The molecule has 1 saturated heterocycles. The van der Waals surface area contributed by atoms with Gasteiger partial charge in [-0.15, -0.1) is 0 Å². The summed E-state index contributed by atoms with van der Waals surface area (Å²) in [6.45, 7) is 0.506. The van der Waals surface area contributed by atoms with Crippen molar-refractivity contribution < 1.29 is 17.9 Å². The van der Waals surface area contributed by atoms with Crippen molar-refractivity contribution in [1.29, 1.82) is 0 Å². The maximum Gasteiger partial charge on any atom is 0.322 e. The Bertz CT molecular complexity index is 559. The largest absolute Gasteiger partial charge is 0.468 e. The van der Waals surface area contributed by atoms with Crippen LogP contribution in [0.5, 0.6) is 0 Å². The number of rotatable bonds is 5. The third-order valence-electron chi connectivity index (χ3n) is 3.34. The van der Waals surface area contributed by atoms with E-state index in [1.165, 1.54) is 7.11 Å². The number of hydrogen-bond acceptors (Lipinski definition) is 5. The van der Waals surface area contributed by atoms with Gasteiger partial charge in [-0.25, -0.2) is 13.1 Å². The number of sulfonamides is 1. The van der Waals surface area contributed by atoms with Crippen LogP contribution in [0.15, 0.2) is 30.3 Å². The molecule has 6 nitrogen and oxygen atoms in total. The number of carbonyl (C=O) groups excluding carboxylic acids is 1. The lowest BCUT2D eigenvalue weighted by Crippen LogP contribution is -2.35. The molecule has 1 fully saturated rings. The highest BCUT2D eigenvalue weighted by Gasteiger charge is 2.37. The highest BCUT2D eigenvalue weighted by Crippen LogP contribution is 2.15. The van der Waals surface area contributed by atoms with Crippen LogP contribution < -0.4 is 10.0 Å². The summed E-state index contributed by atoms with van der Waals surface area (Å²) in [5.74, 6) is -0.425. The van der Waals surface area contributed by atoms with Crippen molar-refractivity contribution in [1.82, 2.24) is 10.0 Å². The first kappa shape index (κ1) is 15.0. The molecule has 1 aliphatic heterocycles. The maximum atomic E-state index is 12.2. The number of carbonyl (C=O) groups is 1. The Morgan fingerprint density at radius 1 is 1.40 bits per heavy atom. The highest BCUT2D eigenvalue weighted by molar-refractivity contribution is 7.90. The van der Waals surface area contributed by atoms with E-state index < -0.39 is 27.3 Å². The summed E-state index contributed by atoms with van der Waals surface area (Å²) in [4.78, 5) is 11.4. The van der Waals surface area contributed by atoms with Crippen LogP contribution in [-0.2, 0) is 26.1 Å². The predicted molar refractivity (Wildman–Crippen MR) is 74.4 cm³/mol. The van der Waals surface area contributed by atoms with Crippen molar-refractivity contribution in [2.75, 3.05) is 13.7 Å². The van der Waals surface area contributed by atoms with E-state index in [1.807, 2.05) is 30.3 Å². The SMILES string of the molecule is COC(=O)C1CC(S(=O)(=O)NCc2ccccc2)CN1. The van der Waals surface area contributed by atoms with E-state index in [2.05, 4.69) is 14.8 Å². The molecule has 0 aliphatic carbocycles. The molecule has 110 valence electrons. The molecule has 0 amide bonds. The van der Waals surface area contributed by atoms with E-state index >= 15 is 0 Å². The van der Waals surface area contributed by atoms with Gasteiger partial charge in [-0.05, 0) is 12.0 Å². The smallest absolute Gasteiger partial charge is 0.322 e. The predicted octanol–water partition coefficient (Wildman–Crippen LogP) is 0.00950. The zero-order valence-corrected chi connectivity index (χ0v) is 12.0. The molecule has 2 atom stereocenters. The van der Waals surface area contributed by atoms with Gasteiger partial charge < -0.3 is 10.1 Å². The molecule has 1 aromatic carbocycles. The second kappa shape index (κ2) is 6.34. The average molecular weight is 298 g/mol. The van der Waals surface area contributed by atoms with Crippen molar-refractivity contribution >= 4 is 16.0 Å². The molecule has 0 spiro atoms. The minimum atomic E-state index is -3.45. The average Bonchev–Trinajstić information content (AvgIpc) is 2.96. The van der Waals surface area contributed by atoms with Crippen LogP contribution in [0.4, 0.5) is 0 Å². The Morgan fingerprint density at radius 3 is 2.75 bits per heavy atom. The molecule has 1 heterocycles. The molecule has 0 radical (unpaired) electrons. The minimum Gasteiger partial charge on any atom is -0.468 e. The number of hydrogen-bond donors (Lipinski definition) is 2. The zero-order chi connectivity index (χ0) is 14.6. The molecular formula is C13H18N2O4S. The molecular weight excluding hydrogens is 280 g/mol. The Labute approximate surface area is 118 Å². The van der Waals surface area contributed by atoms with Crippen molar-refractivity contribution in [2.45, 2.75) is 24.3 Å². The Kier molecular flexibility index (Phi) is 4.74. The summed E-state index contributed by atoms with van der Waals surface area (Å²) >= 11 is 0. The fourth-order valence-corrected chi connectivity index (χ4v) is 3.52. The molecule has 0 saturated carbocycles.